The summed E-state index contributed by atoms with van der Waals surface area (Å²) in [5.74, 6) is 0. The highest BCUT2D eigenvalue weighted by atomic mass is 35.5. The van der Waals surface area contributed by atoms with Crippen LogP contribution in [0, 0.1) is 6.92 Å². The van der Waals surface area contributed by atoms with Crippen molar-refractivity contribution >= 4 is 17.3 Å². The number of nitrogens with zero attached hydrogens (tertiary/aromatic N) is 1. The lowest BCUT2D eigenvalue weighted by Gasteiger charge is -2.00. The summed E-state index contributed by atoms with van der Waals surface area (Å²) in [5.41, 5.74) is 6.95. The number of anilines is 1. The molecule has 1 heterocycles. The molecule has 0 radical (unpaired) electrons. The monoisotopic (exact) mass is 223 g/mol. The summed E-state index contributed by atoms with van der Waals surface area (Å²) in [6.45, 7) is 1.75. The van der Waals surface area contributed by atoms with E-state index in [1.54, 1.807) is 31.2 Å². The van der Waals surface area contributed by atoms with Crippen molar-refractivity contribution in [3.05, 3.63) is 45.3 Å². The molecule has 1 aromatic heterocycles. The lowest BCUT2D eigenvalue weighted by molar-refractivity contribution is 0.835. The second-order valence-electron chi connectivity index (χ2n) is 3.27. The summed E-state index contributed by atoms with van der Waals surface area (Å²) in [7, 11) is 0. The van der Waals surface area contributed by atoms with Gasteiger partial charge in [-0.15, -0.1) is 0 Å². The molecule has 2 aromatic rings. The quantitative estimate of drug-likeness (QED) is 0.773. The number of aryl methyl sites for hydroxylation is 1. The fourth-order valence-electron chi connectivity index (χ4n) is 1.33. The lowest BCUT2D eigenvalue weighted by Crippen LogP contribution is -2.16. The largest absolute Gasteiger partial charge is 0.393 e. The van der Waals surface area contributed by atoms with Crippen molar-refractivity contribution in [2.75, 3.05) is 5.73 Å². The Labute approximate surface area is 91.3 Å². The Balaban J connectivity index is 2.59. The summed E-state index contributed by atoms with van der Waals surface area (Å²) < 4.78 is 1.39. The predicted molar refractivity (Wildman–Crippen MR) is 60.5 cm³/mol. The molecular formula is C10H10ClN3O. The third kappa shape index (κ3) is 1.64. The highest BCUT2D eigenvalue weighted by Crippen LogP contribution is 2.12. The van der Waals surface area contributed by atoms with Crippen LogP contribution in [0.25, 0.3) is 5.69 Å². The maximum absolute atomic E-state index is 11.6. The van der Waals surface area contributed by atoms with Crippen LogP contribution >= 0.6 is 11.6 Å². The molecule has 0 atom stereocenters. The van der Waals surface area contributed by atoms with Gasteiger partial charge in [-0.25, -0.2) is 4.68 Å². The highest BCUT2D eigenvalue weighted by molar-refractivity contribution is 6.30. The Morgan fingerprint density at radius 2 is 1.93 bits per heavy atom. The van der Waals surface area contributed by atoms with Gasteiger partial charge in [-0.3, -0.25) is 9.89 Å². The number of halogens is 1. The molecule has 0 amide bonds. The molecule has 2 rings (SSSR count). The molecule has 78 valence electrons. The van der Waals surface area contributed by atoms with E-state index < -0.39 is 0 Å². The number of rotatable bonds is 1. The van der Waals surface area contributed by atoms with Crippen molar-refractivity contribution in [1.29, 1.82) is 0 Å². The standard InChI is InChI=1S/C10H10ClN3O/c1-6-9(12)10(15)14(13-6)8-4-2-7(11)3-5-8/h2-5,13H,12H2,1H3. The smallest absolute Gasteiger partial charge is 0.294 e. The van der Waals surface area contributed by atoms with Crippen LogP contribution in [0.1, 0.15) is 5.69 Å². The zero-order chi connectivity index (χ0) is 11.0. The summed E-state index contributed by atoms with van der Waals surface area (Å²) in [6.07, 6.45) is 0. The molecular weight excluding hydrogens is 214 g/mol. The molecule has 0 bridgehead atoms. The minimum absolute atomic E-state index is 0.241. The number of H-pyrrole nitrogens is 1. The molecule has 0 saturated heterocycles. The van der Waals surface area contributed by atoms with E-state index >= 15 is 0 Å². The lowest BCUT2D eigenvalue weighted by atomic mass is 10.3. The summed E-state index contributed by atoms with van der Waals surface area (Å²) in [6, 6.07) is 6.93. The van der Waals surface area contributed by atoms with Gasteiger partial charge in [0, 0.05) is 5.02 Å². The molecule has 0 aliphatic heterocycles. The summed E-state index contributed by atoms with van der Waals surface area (Å²) >= 11 is 5.75. The maximum Gasteiger partial charge on any atom is 0.294 e. The van der Waals surface area contributed by atoms with Crippen LogP contribution in [0.3, 0.4) is 0 Å². The SMILES string of the molecule is Cc1[nH]n(-c2ccc(Cl)cc2)c(=O)c1N. The Morgan fingerprint density at radius 3 is 2.40 bits per heavy atom. The molecule has 0 saturated carbocycles. The predicted octanol–water partition coefficient (Wildman–Crippen LogP) is 1.71. The maximum atomic E-state index is 11.6. The number of benzene rings is 1. The summed E-state index contributed by atoms with van der Waals surface area (Å²) in [4.78, 5) is 11.6. The fourth-order valence-corrected chi connectivity index (χ4v) is 1.46. The van der Waals surface area contributed by atoms with E-state index in [-0.39, 0.29) is 11.2 Å². The van der Waals surface area contributed by atoms with Gasteiger partial charge in [0.05, 0.1) is 11.4 Å². The van der Waals surface area contributed by atoms with E-state index in [9.17, 15) is 4.79 Å². The number of nitrogen functional groups attached to an aromatic ring is 1. The van der Waals surface area contributed by atoms with Crippen molar-refractivity contribution in [3.63, 3.8) is 0 Å². The van der Waals surface area contributed by atoms with Gasteiger partial charge >= 0.3 is 0 Å². The number of aromatic amines is 1. The van der Waals surface area contributed by atoms with E-state index in [2.05, 4.69) is 5.10 Å². The van der Waals surface area contributed by atoms with E-state index in [1.165, 1.54) is 4.68 Å². The number of nitrogens with one attached hydrogen (secondary N) is 1. The first-order chi connectivity index (χ1) is 7.09. The normalized spacial score (nSPS) is 10.5. The van der Waals surface area contributed by atoms with Gasteiger partial charge < -0.3 is 5.73 Å². The second-order valence-corrected chi connectivity index (χ2v) is 3.70. The third-order valence-corrected chi connectivity index (χ3v) is 2.45. The van der Waals surface area contributed by atoms with Crippen molar-refractivity contribution in [1.82, 2.24) is 9.78 Å². The van der Waals surface area contributed by atoms with Gasteiger partial charge in [0.25, 0.3) is 5.56 Å². The van der Waals surface area contributed by atoms with Crippen molar-refractivity contribution in [2.45, 2.75) is 6.92 Å². The first kappa shape index (κ1) is 9.86. The Kier molecular flexibility index (Phi) is 2.28. The van der Waals surface area contributed by atoms with Crippen molar-refractivity contribution < 1.29 is 0 Å². The number of nitrogens with two attached hydrogens (primary N) is 1. The van der Waals surface area contributed by atoms with Gasteiger partial charge in [0.15, 0.2) is 0 Å². The average molecular weight is 224 g/mol. The topological polar surface area (TPSA) is 63.8 Å². The molecule has 0 fully saturated rings. The van der Waals surface area contributed by atoms with Crippen LogP contribution in [0.2, 0.25) is 5.02 Å². The van der Waals surface area contributed by atoms with Crippen molar-refractivity contribution in [3.8, 4) is 5.69 Å². The molecule has 0 spiro atoms. The Morgan fingerprint density at radius 1 is 1.33 bits per heavy atom. The van der Waals surface area contributed by atoms with Crippen molar-refractivity contribution in [2.24, 2.45) is 0 Å². The molecule has 0 unspecified atom stereocenters. The molecule has 1 aromatic carbocycles. The third-order valence-electron chi connectivity index (χ3n) is 2.20. The van der Waals surface area contributed by atoms with E-state index in [0.717, 1.165) is 0 Å². The number of hydrogen-bond donors (Lipinski definition) is 2. The molecule has 3 N–H and O–H groups in total. The molecule has 4 nitrogen and oxygen atoms in total. The summed E-state index contributed by atoms with van der Waals surface area (Å²) in [5, 5.41) is 3.51. The van der Waals surface area contributed by atoms with Crippen LogP contribution in [0.5, 0.6) is 0 Å². The molecule has 5 heteroatoms. The number of hydrogen-bond acceptors (Lipinski definition) is 2. The van der Waals surface area contributed by atoms with Crippen LogP contribution < -0.4 is 11.3 Å². The molecule has 0 aliphatic carbocycles. The zero-order valence-corrected chi connectivity index (χ0v) is 8.88. The molecule has 15 heavy (non-hydrogen) atoms. The van der Waals surface area contributed by atoms with Crippen LogP contribution in [0.15, 0.2) is 29.1 Å². The first-order valence-electron chi connectivity index (χ1n) is 4.42. The van der Waals surface area contributed by atoms with Crippen LogP contribution in [0.4, 0.5) is 5.69 Å². The van der Waals surface area contributed by atoms with E-state index in [1.807, 2.05) is 0 Å². The van der Waals surface area contributed by atoms with Crippen LogP contribution in [-0.4, -0.2) is 9.78 Å². The minimum Gasteiger partial charge on any atom is -0.393 e. The fraction of sp³-hybridized carbons (Fsp3) is 0.100. The Hall–Kier alpha value is -1.68. The van der Waals surface area contributed by atoms with E-state index in [4.69, 9.17) is 17.3 Å². The first-order valence-corrected chi connectivity index (χ1v) is 4.80. The zero-order valence-electron chi connectivity index (χ0n) is 8.12. The number of aromatic nitrogens is 2. The van der Waals surface area contributed by atoms with Gasteiger partial charge in [0.2, 0.25) is 0 Å². The minimum atomic E-state index is -0.241. The van der Waals surface area contributed by atoms with Gasteiger partial charge in [-0.2, -0.15) is 0 Å². The second kappa shape index (κ2) is 3.47. The van der Waals surface area contributed by atoms with Gasteiger partial charge in [-0.1, -0.05) is 11.6 Å². The van der Waals surface area contributed by atoms with Crippen LogP contribution in [-0.2, 0) is 0 Å². The average Bonchev–Trinajstić information content (AvgIpc) is 2.47. The Bertz CT molecular complexity index is 539. The van der Waals surface area contributed by atoms with Gasteiger partial charge in [-0.05, 0) is 31.2 Å². The van der Waals surface area contributed by atoms with Gasteiger partial charge in [0.1, 0.15) is 5.69 Å². The highest BCUT2D eigenvalue weighted by Gasteiger charge is 2.08. The van der Waals surface area contributed by atoms with E-state index in [0.29, 0.717) is 16.4 Å². The molecule has 0 aliphatic rings.